The highest BCUT2D eigenvalue weighted by molar-refractivity contribution is 6.05. The number of rotatable bonds is 6. The predicted octanol–water partition coefficient (Wildman–Crippen LogP) is 2.83. The van der Waals surface area contributed by atoms with Crippen molar-refractivity contribution in [1.29, 1.82) is 0 Å². The predicted molar refractivity (Wildman–Crippen MR) is 108 cm³/mol. The number of carbonyl (C=O) groups is 2. The highest BCUT2D eigenvalue weighted by atomic mass is 16.5. The van der Waals surface area contributed by atoms with Crippen LogP contribution in [0.15, 0.2) is 42.5 Å². The zero-order chi connectivity index (χ0) is 21.0. The van der Waals surface area contributed by atoms with Crippen LogP contribution in [0, 0.1) is 12.8 Å². The van der Waals surface area contributed by atoms with Crippen molar-refractivity contribution < 1.29 is 14.3 Å². The molecule has 0 bridgehead atoms. The maximum Gasteiger partial charge on any atom is 0.255 e. The second kappa shape index (κ2) is 8.51. The van der Waals surface area contributed by atoms with Crippen LogP contribution in [0.4, 0.5) is 11.4 Å². The summed E-state index contributed by atoms with van der Waals surface area (Å²) in [7, 11) is 1.55. The molecule has 2 aromatic carbocycles. The summed E-state index contributed by atoms with van der Waals surface area (Å²) in [6, 6.07) is 11.9. The van der Waals surface area contributed by atoms with Crippen LogP contribution >= 0.6 is 0 Å². The van der Waals surface area contributed by atoms with Gasteiger partial charge in [-0.25, -0.2) is 0 Å². The topological polar surface area (TPSA) is 111 Å². The molecule has 0 spiro atoms. The minimum atomic E-state index is -0.281. The van der Waals surface area contributed by atoms with Crippen molar-refractivity contribution in [1.82, 2.24) is 20.2 Å². The highest BCUT2D eigenvalue weighted by Crippen LogP contribution is 2.26. The Morgan fingerprint density at radius 1 is 1.03 bits per heavy atom. The van der Waals surface area contributed by atoms with Crippen LogP contribution in [-0.2, 0) is 4.79 Å². The summed E-state index contributed by atoms with van der Waals surface area (Å²) in [5.74, 6) is 0.683. The number of hydrogen-bond donors (Lipinski definition) is 2. The summed E-state index contributed by atoms with van der Waals surface area (Å²) in [6.07, 6.45) is 0. The lowest BCUT2D eigenvalue weighted by molar-refractivity contribution is -0.118. The molecule has 9 nitrogen and oxygen atoms in total. The van der Waals surface area contributed by atoms with Gasteiger partial charge in [0.1, 0.15) is 11.4 Å². The Morgan fingerprint density at radius 2 is 1.72 bits per heavy atom. The molecule has 0 aliphatic heterocycles. The average Bonchev–Trinajstić information content (AvgIpc) is 3.14. The lowest BCUT2D eigenvalue weighted by Crippen LogP contribution is -2.18. The van der Waals surface area contributed by atoms with Crippen LogP contribution in [0.25, 0.3) is 5.69 Å². The fraction of sp³-hybridized carbons (Fsp3) is 0.250. The van der Waals surface area contributed by atoms with Crippen LogP contribution in [0.2, 0.25) is 0 Å². The molecule has 0 saturated heterocycles. The summed E-state index contributed by atoms with van der Waals surface area (Å²) >= 11 is 0. The smallest absolute Gasteiger partial charge is 0.255 e. The van der Waals surface area contributed by atoms with E-state index in [9.17, 15) is 9.59 Å². The third kappa shape index (κ3) is 4.57. The Kier molecular flexibility index (Phi) is 5.87. The van der Waals surface area contributed by atoms with Gasteiger partial charge in [0.2, 0.25) is 5.91 Å². The molecule has 0 atom stereocenters. The van der Waals surface area contributed by atoms with E-state index in [0.717, 1.165) is 0 Å². The lowest BCUT2D eigenvalue weighted by atomic mass is 10.1. The van der Waals surface area contributed by atoms with Crippen LogP contribution in [0.1, 0.15) is 30.0 Å². The van der Waals surface area contributed by atoms with Gasteiger partial charge >= 0.3 is 0 Å². The van der Waals surface area contributed by atoms with Gasteiger partial charge in [-0.2, -0.15) is 4.68 Å². The number of aryl methyl sites for hydroxylation is 1. The number of hydrogen-bond acceptors (Lipinski definition) is 6. The zero-order valence-corrected chi connectivity index (χ0v) is 16.6. The summed E-state index contributed by atoms with van der Waals surface area (Å²) < 4.78 is 6.90. The number of tetrazole rings is 1. The number of ether oxygens (including phenoxy) is 1. The van der Waals surface area contributed by atoms with Gasteiger partial charge in [-0.1, -0.05) is 13.8 Å². The van der Waals surface area contributed by atoms with Crippen molar-refractivity contribution in [3.05, 3.63) is 53.9 Å². The molecule has 150 valence electrons. The molecule has 1 aromatic heterocycles. The van der Waals surface area contributed by atoms with Crippen molar-refractivity contribution >= 4 is 23.2 Å². The van der Waals surface area contributed by atoms with E-state index in [1.54, 1.807) is 56.5 Å². The third-order valence-corrected chi connectivity index (χ3v) is 4.23. The number of anilines is 2. The monoisotopic (exact) mass is 394 g/mol. The van der Waals surface area contributed by atoms with E-state index < -0.39 is 0 Å². The van der Waals surface area contributed by atoms with Crippen LogP contribution < -0.4 is 15.4 Å². The first-order chi connectivity index (χ1) is 13.9. The van der Waals surface area contributed by atoms with Gasteiger partial charge in [0.25, 0.3) is 5.91 Å². The number of nitrogens with one attached hydrogen (secondary N) is 2. The number of benzene rings is 2. The Balaban J connectivity index is 1.77. The molecular formula is C20H22N6O3. The van der Waals surface area contributed by atoms with Gasteiger partial charge in [0.15, 0.2) is 5.82 Å². The fourth-order valence-electron chi connectivity index (χ4n) is 2.58. The van der Waals surface area contributed by atoms with Crippen molar-refractivity contribution in [2.24, 2.45) is 5.92 Å². The SMILES string of the molecule is COc1ccc(NC(=O)c2ccc(NC(=O)C(C)C)cc2)cc1-n1nnnc1C. The van der Waals surface area contributed by atoms with Gasteiger partial charge in [0.05, 0.1) is 7.11 Å². The Labute approximate surface area is 168 Å². The average molecular weight is 394 g/mol. The Morgan fingerprint density at radius 3 is 2.31 bits per heavy atom. The molecule has 3 aromatic rings. The summed E-state index contributed by atoms with van der Waals surface area (Å²) in [6.45, 7) is 5.40. The molecule has 0 unspecified atom stereocenters. The maximum absolute atomic E-state index is 12.6. The number of carbonyl (C=O) groups excluding carboxylic acids is 2. The van der Waals surface area contributed by atoms with Crippen molar-refractivity contribution in [3.63, 3.8) is 0 Å². The summed E-state index contributed by atoms with van der Waals surface area (Å²) in [4.78, 5) is 24.4. The molecule has 0 aliphatic carbocycles. The van der Waals surface area contributed by atoms with E-state index in [1.807, 2.05) is 13.8 Å². The van der Waals surface area contributed by atoms with Crippen molar-refractivity contribution in [3.8, 4) is 11.4 Å². The summed E-state index contributed by atoms with van der Waals surface area (Å²) in [5.41, 5.74) is 2.28. The molecule has 0 fully saturated rings. The minimum Gasteiger partial charge on any atom is -0.494 e. The van der Waals surface area contributed by atoms with Gasteiger partial charge in [-0.3, -0.25) is 9.59 Å². The normalized spacial score (nSPS) is 10.7. The molecular weight excluding hydrogens is 372 g/mol. The van der Waals surface area contributed by atoms with Crippen LogP contribution in [-0.4, -0.2) is 39.1 Å². The number of nitrogens with zero attached hydrogens (tertiary/aromatic N) is 4. The molecule has 9 heteroatoms. The Bertz CT molecular complexity index is 1030. The van der Waals surface area contributed by atoms with Gasteiger partial charge < -0.3 is 15.4 Å². The van der Waals surface area contributed by atoms with Gasteiger partial charge in [0, 0.05) is 22.9 Å². The molecule has 0 saturated carbocycles. The molecule has 2 N–H and O–H groups in total. The maximum atomic E-state index is 12.6. The van der Waals surface area contributed by atoms with E-state index in [1.165, 1.54) is 4.68 Å². The first-order valence-electron chi connectivity index (χ1n) is 9.04. The van der Waals surface area contributed by atoms with E-state index in [4.69, 9.17) is 4.74 Å². The largest absolute Gasteiger partial charge is 0.494 e. The lowest BCUT2D eigenvalue weighted by Gasteiger charge is -2.12. The Hall–Kier alpha value is -3.75. The molecule has 1 heterocycles. The first kappa shape index (κ1) is 20.0. The minimum absolute atomic E-state index is 0.0779. The van der Waals surface area contributed by atoms with Gasteiger partial charge in [-0.05, 0) is 59.8 Å². The van der Waals surface area contributed by atoms with E-state index in [-0.39, 0.29) is 17.7 Å². The van der Waals surface area contributed by atoms with E-state index >= 15 is 0 Å². The van der Waals surface area contributed by atoms with Crippen LogP contribution in [0.5, 0.6) is 5.75 Å². The number of amides is 2. The number of aromatic nitrogens is 4. The molecule has 29 heavy (non-hydrogen) atoms. The third-order valence-electron chi connectivity index (χ3n) is 4.23. The molecule has 0 aliphatic rings. The second-order valence-electron chi connectivity index (χ2n) is 6.70. The molecule has 0 radical (unpaired) electrons. The number of methoxy groups -OCH3 is 1. The van der Waals surface area contributed by atoms with Gasteiger partial charge in [-0.15, -0.1) is 5.10 Å². The molecule has 2 amide bonds. The van der Waals surface area contributed by atoms with Crippen LogP contribution in [0.3, 0.4) is 0 Å². The van der Waals surface area contributed by atoms with E-state index in [0.29, 0.717) is 34.2 Å². The first-order valence-corrected chi connectivity index (χ1v) is 9.04. The summed E-state index contributed by atoms with van der Waals surface area (Å²) in [5, 5.41) is 17.1. The van der Waals surface area contributed by atoms with Crippen molar-refractivity contribution in [2.45, 2.75) is 20.8 Å². The quantitative estimate of drug-likeness (QED) is 0.665. The van der Waals surface area contributed by atoms with E-state index in [2.05, 4.69) is 26.2 Å². The van der Waals surface area contributed by atoms with Crippen molar-refractivity contribution in [2.75, 3.05) is 17.7 Å². The standard InChI is InChI=1S/C20H22N6O3/c1-12(2)19(27)21-15-7-5-14(6-8-15)20(28)22-16-9-10-18(29-4)17(11-16)26-13(3)23-24-25-26/h5-12H,1-4H3,(H,21,27)(H,22,28). The fourth-order valence-corrected chi connectivity index (χ4v) is 2.58. The molecule has 3 rings (SSSR count). The highest BCUT2D eigenvalue weighted by Gasteiger charge is 2.13. The zero-order valence-electron chi connectivity index (χ0n) is 16.6. The second-order valence-corrected chi connectivity index (χ2v) is 6.70.